The molecule has 8 N–H and O–H groups in total. The molecule has 0 spiro atoms. The third-order valence-electron chi connectivity index (χ3n) is 21.6. The van der Waals surface area contributed by atoms with Crippen LogP contribution in [0.1, 0.15) is 320 Å². The summed E-state index contributed by atoms with van der Waals surface area (Å²) in [6.45, 7) is 55.4. The lowest BCUT2D eigenvalue weighted by molar-refractivity contribution is -0.357. The van der Waals surface area contributed by atoms with Gasteiger partial charge in [-0.2, -0.15) is 57.4 Å². The Labute approximate surface area is 812 Å². The van der Waals surface area contributed by atoms with Gasteiger partial charge in [0.1, 0.15) is 59.0 Å². The summed E-state index contributed by atoms with van der Waals surface area (Å²) in [5, 5.41) is 57.1. The minimum absolute atomic E-state index is 0.0509. The van der Waals surface area contributed by atoms with Crippen LogP contribution in [0.5, 0.6) is 0 Å². The average molecular weight is 2090 g/mol. The Morgan fingerprint density at radius 3 is 0.806 bits per heavy atom. The zero-order valence-electron chi connectivity index (χ0n) is 87.9. The summed E-state index contributed by atoms with van der Waals surface area (Å²) in [7, 11) is -10.9. The molecule has 139 heavy (non-hydrogen) atoms. The van der Waals surface area contributed by atoms with E-state index in [4.69, 9.17) is 43.0 Å². The largest absolute Gasteiger partial charge is 0.511 e. The van der Waals surface area contributed by atoms with Crippen molar-refractivity contribution < 1.29 is 205 Å². The summed E-state index contributed by atoms with van der Waals surface area (Å²) in [4.78, 5) is 128. The van der Waals surface area contributed by atoms with Crippen LogP contribution in [-0.2, 0) is 125 Å². The van der Waals surface area contributed by atoms with E-state index in [1.807, 2.05) is 83.1 Å². The molecule has 34 nitrogen and oxygen atoms in total. The molecular weight excluding hydrogens is 1930 g/mol. The lowest BCUT2D eigenvalue weighted by Crippen LogP contribution is -2.63. The molecule has 1 fully saturated rings. The van der Waals surface area contributed by atoms with Crippen molar-refractivity contribution >= 4 is 85.7 Å². The molecule has 0 heterocycles. The van der Waals surface area contributed by atoms with Crippen LogP contribution in [-0.4, -0.2) is 254 Å². The Hall–Kier alpha value is -7.09. The van der Waals surface area contributed by atoms with Gasteiger partial charge in [0.15, 0.2) is 16.8 Å². The SMILES string of the molecule is CCC(C)(C)C(=O)OC(C1CCCC1)C(C)(C)O.CCC(C)(C)C(=O)OCC(C)(C)COC(=O)C(C)(C)O.CCC(C)(C)C(=O)OCC(C)(C)NS(=O)(=O)C(F)(F)F.CCC(C)(C)C(=O)OCC(C)(C)O.CCC(C)(C)C(=O)OCC(C)(COC(=O)C(C)(C)O)COC(=O)C(C)(C)O.CCC(C)(C)C(=O)OCCNS(=O)(=O)C(F)(F)F.CCC(C)(C)C(=O)OCCOC(=O)C(O)(C(F)(F)F)C(F)(F)F. The number of ether oxygens (including phenoxy) is 11. The Morgan fingerprint density at radius 2 is 0.547 bits per heavy atom. The Bertz CT molecular complexity index is 4030. The minimum atomic E-state index is -6.32. The first-order valence-electron chi connectivity index (χ1n) is 44.9. The molecule has 0 saturated heterocycles. The molecule has 1 saturated carbocycles. The number of carbonyl (C=O) groups is 11. The Kier molecular flexibility index (Phi) is 57.3. The van der Waals surface area contributed by atoms with Crippen LogP contribution in [0.4, 0.5) is 52.7 Å². The molecule has 0 aliphatic heterocycles. The number of hydrogen-bond donors (Lipinski definition) is 8. The van der Waals surface area contributed by atoms with E-state index in [0.29, 0.717) is 38.0 Å². The second-order valence-corrected chi connectivity index (χ2v) is 46.0. The van der Waals surface area contributed by atoms with E-state index in [1.54, 1.807) is 96.9 Å². The summed E-state index contributed by atoms with van der Waals surface area (Å²) in [5.41, 5.74) is -30.9. The maximum absolute atomic E-state index is 12.3. The van der Waals surface area contributed by atoms with Gasteiger partial charge in [0, 0.05) is 12.0 Å². The standard InChI is InChI=1S/C19H34O8.C15H28O5.C15H28O3.C12H16F6O5.C11H20F3NO4S.C10H20O3.C9H16F3NO4S/c1-9-16(2,3)13(20)25-10-19(8,11-26-14(21)17(4,5)23)12-27-15(22)18(6,7)24;1-8-14(4,5)11(16)19-9-13(2,3)10-20-12(17)15(6,7)18;1-6-14(2,3)13(16)18-12(15(4,5)17)11-9-7-8-10-11;1-4-9(2,3)7(19)22-5-6-23-8(20)10(21,11(13,14)15)12(16,17)18;1-6-9(2,3)8(16)19-7-10(4,5)15-20(17,18)11(12,13)14;1-6-9(2,3)8(11)13-7-10(4,5)12;1-4-8(2,3)7(14)17-6-5-13-18(15,16)9(10,11)12/h23-24H,9-12H2,1-8H3;18H,8-10H2,1-7H3;11-12,17H,6-10H2,1-5H3;21H,4-6H2,1-3H3;15H,6-7H2,1-5H3;12H,6-7H2,1-5H3;13H,4-6H2,1-3H3. The summed E-state index contributed by atoms with van der Waals surface area (Å²) in [6, 6.07) is 0. The number of carbonyl (C=O) groups excluding carboxylic acids is 11. The van der Waals surface area contributed by atoms with Gasteiger partial charge in [0.05, 0.1) is 73.3 Å². The Balaban J connectivity index is -0.000000374. The number of aliphatic hydroxyl groups is 6. The fourth-order valence-electron chi connectivity index (χ4n) is 8.58. The van der Waals surface area contributed by atoms with E-state index in [1.165, 1.54) is 91.5 Å². The number of nitrogens with one attached hydrogen (secondary N) is 2. The monoisotopic (exact) mass is 2090 g/mol. The summed E-state index contributed by atoms with van der Waals surface area (Å²) < 4.78 is 247. The van der Waals surface area contributed by atoms with Crippen molar-refractivity contribution in [3.63, 3.8) is 0 Å². The first kappa shape index (κ1) is 143. The maximum Gasteiger partial charge on any atom is 0.511 e. The number of rotatable bonds is 44. The smallest absolute Gasteiger partial charge is 0.465 e. The molecule has 1 aliphatic carbocycles. The fraction of sp³-hybridized carbons (Fsp3) is 0.879. The van der Waals surface area contributed by atoms with Crippen molar-refractivity contribution in [2.24, 2.45) is 54.7 Å². The lowest BCUT2D eigenvalue weighted by atomic mass is 9.86. The van der Waals surface area contributed by atoms with E-state index in [0.717, 1.165) is 25.7 Å². The zero-order valence-corrected chi connectivity index (χ0v) is 89.5. The molecule has 1 aliphatic rings. The van der Waals surface area contributed by atoms with Crippen molar-refractivity contribution in [3.8, 4) is 0 Å². The molecule has 0 bridgehead atoms. The first-order chi connectivity index (χ1) is 61.3. The van der Waals surface area contributed by atoms with Gasteiger partial charge in [0.2, 0.25) is 0 Å². The zero-order chi connectivity index (χ0) is 112. The topological polar surface area (TPSA) is 503 Å². The Morgan fingerprint density at radius 1 is 0.309 bits per heavy atom. The van der Waals surface area contributed by atoms with Gasteiger partial charge in [-0.1, -0.05) is 75.2 Å². The van der Waals surface area contributed by atoms with E-state index in [2.05, 4.69) is 14.2 Å². The van der Waals surface area contributed by atoms with Gasteiger partial charge >= 0.3 is 115 Å². The third kappa shape index (κ3) is 54.4. The highest BCUT2D eigenvalue weighted by atomic mass is 32.2. The van der Waals surface area contributed by atoms with Crippen LogP contribution < -0.4 is 9.44 Å². The number of halogens is 12. The molecule has 1 unspecified atom stereocenters. The minimum Gasteiger partial charge on any atom is -0.465 e. The average Bonchev–Trinajstić information content (AvgIpc) is 0.937. The van der Waals surface area contributed by atoms with Crippen LogP contribution in [0.15, 0.2) is 0 Å². The second kappa shape index (κ2) is 55.8. The van der Waals surface area contributed by atoms with Gasteiger partial charge in [0.25, 0.3) is 0 Å². The highest BCUT2D eigenvalue weighted by Crippen LogP contribution is 2.45. The maximum atomic E-state index is 12.3. The molecule has 48 heteroatoms. The molecule has 0 aromatic carbocycles. The van der Waals surface area contributed by atoms with E-state index in [-0.39, 0.29) is 63.7 Å². The van der Waals surface area contributed by atoms with Crippen molar-refractivity contribution in [2.75, 3.05) is 72.6 Å². The van der Waals surface area contributed by atoms with Crippen molar-refractivity contribution in [1.29, 1.82) is 0 Å². The lowest BCUT2D eigenvalue weighted by Gasteiger charge is -2.35. The van der Waals surface area contributed by atoms with Crippen molar-refractivity contribution in [2.45, 2.75) is 389 Å². The second-order valence-electron chi connectivity index (χ2n) is 42.6. The van der Waals surface area contributed by atoms with Crippen LogP contribution >= 0.6 is 0 Å². The van der Waals surface area contributed by atoms with Crippen LogP contribution in [0, 0.1) is 54.7 Å². The molecular formula is C91H162F12N2O32S2. The quantitative estimate of drug-likeness (QED) is 0.0122. The van der Waals surface area contributed by atoms with Crippen molar-refractivity contribution in [1.82, 2.24) is 9.44 Å². The predicted molar refractivity (Wildman–Crippen MR) is 486 cm³/mol. The molecule has 0 radical (unpaired) electrons. The first-order valence-corrected chi connectivity index (χ1v) is 47.9. The van der Waals surface area contributed by atoms with Gasteiger partial charge in [-0.05, 0) is 251 Å². The highest BCUT2D eigenvalue weighted by molar-refractivity contribution is 7.90. The predicted octanol–water partition coefficient (Wildman–Crippen LogP) is 14.9. The molecule has 0 aromatic rings. The number of esters is 11. The normalized spacial score (nSPS) is 14.2. The van der Waals surface area contributed by atoms with E-state index in [9.17, 15) is 148 Å². The molecule has 1 rings (SSSR count). The van der Waals surface area contributed by atoms with Gasteiger partial charge in [-0.15, -0.1) is 0 Å². The van der Waals surface area contributed by atoms with Gasteiger partial charge in [-0.3, -0.25) is 33.6 Å². The van der Waals surface area contributed by atoms with Crippen LogP contribution in [0.2, 0.25) is 0 Å². The van der Waals surface area contributed by atoms with E-state index >= 15 is 0 Å². The molecule has 1 atom stereocenters. The van der Waals surface area contributed by atoms with Gasteiger partial charge in [-0.25, -0.2) is 40.7 Å². The summed E-state index contributed by atoms with van der Waals surface area (Å²) in [6.07, 6.45) is -4.46. The third-order valence-corrected chi connectivity index (χ3v) is 24.2. The number of alkyl halides is 12. The van der Waals surface area contributed by atoms with Crippen LogP contribution in [0.3, 0.4) is 0 Å². The number of hydrogen-bond acceptors (Lipinski definition) is 32. The van der Waals surface area contributed by atoms with Crippen LogP contribution in [0.25, 0.3) is 0 Å². The number of sulfonamides is 2. The fourth-order valence-corrected chi connectivity index (χ4v) is 10.00. The summed E-state index contributed by atoms with van der Waals surface area (Å²) in [5.74, 6) is -8.13. The summed E-state index contributed by atoms with van der Waals surface area (Å²) >= 11 is 0. The molecule has 0 amide bonds. The molecule has 0 aromatic heterocycles. The molecule has 824 valence electrons. The van der Waals surface area contributed by atoms with Crippen molar-refractivity contribution in [3.05, 3.63) is 0 Å². The van der Waals surface area contributed by atoms with Gasteiger partial charge < -0.3 is 82.7 Å². The highest BCUT2D eigenvalue weighted by Gasteiger charge is 2.77. The van der Waals surface area contributed by atoms with E-state index < -0.39 is 212 Å².